The molecule has 1 amide bonds. The summed E-state index contributed by atoms with van der Waals surface area (Å²) in [6, 6.07) is 5.04. The van der Waals surface area contributed by atoms with Crippen LogP contribution in [0.1, 0.15) is 6.42 Å². The van der Waals surface area contributed by atoms with Crippen LogP contribution in [0.5, 0.6) is 5.75 Å². The lowest BCUT2D eigenvalue weighted by Crippen LogP contribution is -2.31. The summed E-state index contributed by atoms with van der Waals surface area (Å²) in [6.45, 7) is 1.03. The van der Waals surface area contributed by atoms with Crippen LogP contribution in [0.2, 0.25) is 5.02 Å². The number of aliphatic hydroxyl groups excluding tert-OH is 1. The molecule has 0 aromatic heterocycles. The van der Waals surface area contributed by atoms with Crippen LogP contribution < -0.4 is 10.1 Å². The Morgan fingerprint density at radius 2 is 2.26 bits per heavy atom. The molecular weight excluding hydrogens is 268 g/mol. The number of likely N-dealkylation sites (N-methyl/N-ethyl adjacent to an activating group) is 1. The van der Waals surface area contributed by atoms with E-state index in [1.54, 1.807) is 18.2 Å². The molecular formula is C13H19ClN2O3. The molecule has 0 saturated carbocycles. The van der Waals surface area contributed by atoms with Gasteiger partial charge in [0.05, 0.1) is 19.3 Å². The summed E-state index contributed by atoms with van der Waals surface area (Å²) >= 11 is 5.89. The number of amides is 1. The van der Waals surface area contributed by atoms with Crippen LogP contribution in [0.25, 0.3) is 0 Å². The quantitative estimate of drug-likeness (QED) is 0.799. The first-order chi connectivity index (χ1) is 9.06. The number of nitrogens with one attached hydrogen (secondary N) is 1. The first-order valence-electron chi connectivity index (χ1n) is 5.99. The number of ether oxygens (including phenoxy) is 1. The number of methoxy groups -OCH3 is 1. The van der Waals surface area contributed by atoms with Gasteiger partial charge in [0, 0.05) is 18.2 Å². The Morgan fingerprint density at radius 3 is 2.89 bits per heavy atom. The van der Waals surface area contributed by atoms with Gasteiger partial charge in [0.1, 0.15) is 5.75 Å². The number of hydrogen-bond acceptors (Lipinski definition) is 4. The summed E-state index contributed by atoms with van der Waals surface area (Å²) < 4.78 is 5.15. The van der Waals surface area contributed by atoms with Gasteiger partial charge >= 0.3 is 0 Å². The van der Waals surface area contributed by atoms with Crippen molar-refractivity contribution in [3.05, 3.63) is 23.2 Å². The van der Waals surface area contributed by atoms with Gasteiger partial charge in [-0.25, -0.2) is 0 Å². The summed E-state index contributed by atoms with van der Waals surface area (Å²) in [6.07, 6.45) is 0.643. The SMILES string of the molecule is COc1ccc(Cl)cc1NC(=O)CN(C)CCCO. The van der Waals surface area contributed by atoms with Crippen molar-refractivity contribution in [2.75, 3.05) is 39.2 Å². The van der Waals surface area contributed by atoms with Crippen LogP contribution >= 0.6 is 11.6 Å². The highest BCUT2D eigenvalue weighted by Crippen LogP contribution is 2.27. The minimum absolute atomic E-state index is 0.119. The van der Waals surface area contributed by atoms with Crippen LogP contribution in [-0.2, 0) is 4.79 Å². The molecule has 0 aliphatic rings. The number of rotatable bonds is 7. The molecule has 0 fully saturated rings. The molecule has 0 atom stereocenters. The summed E-state index contributed by atoms with van der Waals surface area (Å²) in [5.74, 6) is 0.414. The van der Waals surface area contributed by atoms with Crippen molar-refractivity contribution >= 4 is 23.2 Å². The minimum atomic E-state index is -0.152. The van der Waals surface area contributed by atoms with Crippen LogP contribution in [0.4, 0.5) is 5.69 Å². The number of benzene rings is 1. The molecule has 106 valence electrons. The van der Waals surface area contributed by atoms with Crippen molar-refractivity contribution in [3.63, 3.8) is 0 Å². The fourth-order valence-corrected chi connectivity index (χ4v) is 1.80. The molecule has 0 spiro atoms. The Balaban J connectivity index is 2.59. The Morgan fingerprint density at radius 1 is 1.53 bits per heavy atom. The molecule has 5 nitrogen and oxygen atoms in total. The fourth-order valence-electron chi connectivity index (χ4n) is 1.63. The highest BCUT2D eigenvalue weighted by molar-refractivity contribution is 6.31. The molecule has 0 saturated heterocycles. The third kappa shape index (κ3) is 5.46. The normalized spacial score (nSPS) is 10.6. The van der Waals surface area contributed by atoms with Crippen LogP contribution in [0, 0.1) is 0 Å². The van der Waals surface area contributed by atoms with E-state index in [-0.39, 0.29) is 19.1 Å². The van der Waals surface area contributed by atoms with E-state index in [2.05, 4.69) is 5.32 Å². The van der Waals surface area contributed by atoms with E-state index in [0.717, 1.165) is 0 Å². The molecule has 1 aromatic carbocycles. The van der Waals surface area contributed by atoms with Gasteiger partial charge in [-0.1, -0.05) is 11.6 Å². The largest absolute Gasteiger partial charge is 0.495 e. The highest BCUT2D eigenvalue weighted by atomic mass is 35.5. The standard InChI is InChI=1S/C13H19ClN2O3/c1-16(6-3-7-17)9-13(18)15-11-8-10(14)4-5-12(11)19-2/h4-5,8,17H,3,6-7,9H2,1-2H3,(H,15,18). The number of hydrogen-bond donors (Lipinski definition) is 2. The molecule has 1 aromatic rings. The van der Waals surface area contributed by atoms with Gasteiger partial charge in [0.15, 0.2) is 0 Å². The van der Waals surface area contributed by atoms with Crippen molar-refractivity contribution < 1.29 is 14.6 Å². The van der Waals surface area contributed by atoms with Gasteiger partial charge in [-0.3, -0.25) is 9.69 Å². The minimum Gasteiger partial charge on any atom is -0.495 e. The fraction of sp³-hybridized carbons (Fsp3) is 0.462. The smallest absolute Gasteiger partial charge is 0.238 e. The van der Waals surface area contributed by atoms with E-state index in [0.29, 0.717) is 29.4 Å². The molecule has 0 radical (unpaired) electrons. The van der Waals surface area contributed by atoms with Gasteiger partial charge in [0.25, 0.3) is 0 Å². The predicted molar refractivity (Wildman–Crippen MR) is 75.8 cm³/mol. The molecule has 0 unspecified atom stereocenters. The molecule has 0 bridgehead atoms. The number of halogens is 1. The van der Waals surface area contributed by atoms with Crippen LogP contribution in [-0.4, -0.2) is 49.8 Å². The lowest BCUT2D eigenvalue weighted by atomic mass is 10.3. The molecule has 0 aliphatic heterocycles. The monoisotopic (exact) mass is 286 g/mol. The number of nitrogens with zero attached hydrogens (tertiary/aromatic N) is 1. The van der Waals surface area contributed by atoms with E-state index >= 15 is 0 Å². The van der Waals surface area contributed by atoms with Crippen LogP contribution in [0.15, 0.2) is 18.2 Å². The Labute approximate surface area is 118 Å². The van der Waals surface area contributed by atoms with Crippen molar-refractivity contribution in [2.45, 2.75) is 6.42 Å². The number of carbonyl (C=O) groups is 1. The molecule has 0 aliphatic carbocycles. The highest BCUT2D eigenvalue weighted by Gasteiger charge is 2.10. The first kappa shape index (κ1) is 15.8. The summed E-state index contributed by atoms with van der Waals surface area (Å²) in [7, 11) is 3.36. The Kier molecular flexibility index (Phi) is 6.62. The predicted octanol–water partition coefficient (Wildman–Crippen LogP) is 1.60. The van der Waals surface area contributed by atoms with Gasteiger partial charge in [-0.05, 0) is 31.7 Å². The molecule has 1 rings (SSSR count). The van der Waals surface area contributed by atoms with Crippen LogP contribution in [0.3, 0.4) is 0 Å². The molecule has 6 heteroatoms. The zero-order valence-corrected chi connectivity index (χ0v) is 11.9. The zero-order chi connectivity index (χ0) is 14.3. The number of anilines is 1. The molecule has 19 heavy (non-hydrogen) atoms. The second-order valence-corrected chi connectivity index (χ2v) is 4.64. The average Bonchev–Trinajstić information content (AvgIpc) is 2.36. The second-order valence-electron chi connectivity index (χ2n) is 4.21. The maximum absolute atomic E-state index is 11.9. The number of aliphatic hydroxyl groups is 1. The van der Waals surface area contributed by atoms with E-state index in [4.69, 9.17) is 21.4 Å². The first-order valence-corrected chi connectivity index (χ1v) is 6.37. The number of carbonyl (C=O) groups excluding carboxylic acids is 1. The van der Waals surface area contributed by atoms with Gasteiger partial charge in [-0.2, -0.15) is 0 Å². The topological polar surface area (TPSA) is 61.8 Å². The van der Waals surface area contributed by atoms with Crippen molar-refractivity contribution in [3.8, 4) is 5.75 Å². The summed E-state index contributed by atoms with van der Waals surface area (Å²) in [4.78, 5) is 13.7. The van der Waals surface area contributed by atoms with Crippen molar-refractivity contribution in [2.24, 2.45) is 0 Å². The average molecular weight is 287 g/mol. The Hall–Kier alpha value is -1.30. The third-order valence-corrected chi connectivity index (χ3v) is 2.78. The lowest BCUT2D eigenvalue weighted by molar-refractivity contribution is -0.117. The second kappa shape index (κ2) is 7.99. The van der Waals surface area contributed by atoms with E-state index in [1.807, 2.05) is 11.9 Å². The van der Waals surface area contributed by atoms with Gasteiger partial charge in [0.2, 0.25) is 5.91 Å². The maximum atomic E-state index is 11.9. The van der Waals surface area contributed by atoms with E-state index in [1.165, 1.54) is 7.11 Å². The van der Waals surface area contributed by atoms with Crippen molar-refractivity contribution in [1.29, 1.82) is 0 Å². The lowest BCUT2D eigenvalue weighted by Gasteiger charge is -2.16. The van der Waals surface area contributed by atoms with Crippen molar-refractivity contribution in [1.82, 2.24) is 4.90 Å². The molecule has 0 heterocycles. The zero-order valence-electron chi connectivity index (χ0n) is 11.1. The van der Waals surface area contributed by atoms with Gasteiger partial charge < -0.3 is 15.2 Å². The van der Waals surface area contributed by atoms with Gasteiger partial charge in [-0.15, -0.1) is 0 Å². The maximum Gasteiger partial charge on any atom is 0.238 e. The summed E-state index contributed by atoms with van der Waals surface area (Å²) in [5, 5.41) is 12.0. The Bertz CT molecular complexity index is 426. The third-order valence-electron chi connectivity index (χ3n) is 2.55. The van der Waals surface area contributed by atoms with E-state index < -0.39 is 0 Å². The summed E-state index contributed by atoms with van der Waals surface area (Å²) in [5.41, 5.74) is 0.551. The molecule has 2 N–H and O–H groups in total. The van der Waals surface area contributed by atoms with E-state index in [9.17, 15) is 4.79 Å².